The first-order valence-electron chi connectivity index (χ1n) is 8.33. The van der Waals surface area contributed by atoms with Crippen LogP contribution in [0.5, 0.6) is 5.75 Å². The highest BCUT2D eigenvalue weighted by molar-refractivity contribution is 5.37. The van der Waals surface area contributed by atoms with Gasteiger partial charge in [-0.1, -0.05) is 18.2 Å². The van der Waals surface area contributed by atoms with Crippen molar-refractivity contribution in [2.24, 2.45) is 29.0 Å². The van der Waals surface area contributed by atoms with E-state index < -0.39 is 0 Å². The molecule has 0 saturated heterocycles. The van der Waals surface area contributed by atoms with Crippen molar-refractivity contribution in [2.45, 2.75) is 44.6 Å². The Hall–Kier alpha value is -1.06. The summed E-state index contributed by atoms with van der Waals surface area (Å²) in [5.41, 5.74) is 4.76. The Balaban J connectivity index is 1.72. The van der Waals surface area contributed by atoms with E-state index in [1.54, 1.807) is 7.11 Å². The van der Waals surface area contributed by atoms with Gasteiger partial charge in [-0.15, -0.1) is 0 Å². The smallest absolute Gasteiger partial charge is 0.123 e. The van der Waals surface area contributed by atoms with Gasteiger partial charge in [-0.3, -0.25) is 11.3 Å². The minimum Gasteiger partial charge on any atom is -0.496 e. The molecule has 4 fully saturated rings. The van der Waals surface area contributed by atoms with Crippen molar-refractivity contribution in [3.63, 3.8) is 0 Å². The van der Waals surface area contributed by atoms with E-state index in [1.807, 2.05) is 6.07 Å². The maximum absolute atomic E-state index is 6.04. The highest BCUT2D eigenvalue weighted by Gasteiger charge is 2.54. The van der Waals surface area contributed by atoms with Crippen LogP contribution in [0.4, 0.5) is 0 Å². The molecule has 4 saturated carbocycles. The summed E-state index contributed by atoms with van der Waals surface area (Å²) < 4.78 is 5.60. The fraction of sp³-hybridized carbons (Fsp3) is 0.667. The summed E-state index contributed by atoms with van der Waals surface area (Å²) >= 11 is 0. The lowest BCUT2D eigenvalue weighted by Crippen LogP contribution is -2.53. The van der Waals surface area contributed by atoms with Crippen LogP contribution in [-0.2, 0) is 0 Å². The average Bonchev–Trinajstić information content (AvgIpc) is 2.47. The molecule has 1 aromatic carbocycles. The predicted molar refractivity (Wildman–Crippen MR) is 83.7 cm³/mol. The van der Waals surface area contributed by atoms with E-state index in [2.05, 4.69) is 23.6 Å². The maximum atomic E-state index is 6.04. The number of methoxy groups -OCH3 is 1. The maximum Gasteiger partial charge on any atom is 0.123 e. The lowest BCUT2D eigenvalue weighted by Gasteiger charge is -2.59. The topological polar surface area (TPSA) is 47.3 Å². The Bertz CT molecular complexity index is 492. The van der Waals surface area contributed by atoms with E-state index in [1.165, 1.54) is 44.1 Å². The molecule has 5 rings (SSSR count). The van der Waals surface area contributed by atoms with Gasteiger partial charge in [0, 0.05) is 5.56 Å². The van der Waals surface area contributed by atoms with Crippen LogP contribution in [0.15, 0.2) is 24.3 Å². The summed E-state index contributed by atoms with van der Waals surface area (Å²) in [6.07, 6.45) is 8.40. The highest BCUT2D eigenvalue weighted by Crippen LogP contribution is 2.64. The minimum atomic E-state index is 0.224. The van der Waals surface area contributed by atoms with Crippen molar-refractivity contribution in [3.05, 3.63) is 29.8 Å². The third-order valence-electron chi connectivity index (χ3n) is 6.31. The second-order valence-corrected chi connectivity index (χ2v) is 7.62. The third-order valence-corrected chi connectivity index (χ3v) is 6.31. The fourth-order valence-electron chi connectivity index (χ4n) is 6.03. The van der Waals surface area contributed by atoms with Crippen LogP contribution in [0.2, 0.25) is 0 Å². The third kappa shape index (κ3) is 2.09. The second kappa shape index (κ2) is 4.99. The van der Waals surface area contributed by atoms with E-state index in [4.69, 9.17) is 10.6 Å². The zero-order chi connectivity index (χ0) is 14.4. The Kier molecular flexibility index (Phi) is 3.23. The standard InChI is InChI=1S/C18H26N2O/c1-21-16-5-3-2-4-15(16)17(20-19)18-9-12-6-13(10-18)8-14(7-12)11-18/h2-5,12-14,17,20H,6-11,19H2,1H3. The molecule has 1 atom stereocenters. The van der Waals surface area contributed by atoms with Gasteiger partial charge >= 0.3 is 0 Å². The lowest BCUT2D eigenvalue weighted by atomic mass is 9.47. The van der Waals surface area contributed by atoms with Gasteiger partial charge in [0.25, 0.3) is 0 Å². The van der Waals surface area contributed by atoms with Crippen LogP contribution in [0.1, 0.15) is 50.1 Å². The molecular weight excluding hydrogens is 260 g/mol. The van der Waals surface area contributed by atoms with Crippen molar-refractivity contribution in [2.75, 3.05) is 7.11 Å². The van der Waals surface area contributed by atoms with E-state index >= 15 is 0 Å². The first-order valence-corrected chi connectivity index (χ1v) is 8.33. The summed E-state index contributed by atoms with van der Waals surface area (Å²) in [6, 6.07) is 8.60. The molecule has 1 unspecified atom stereocenters. The average molecular weight is 286 g/mol. The number of para-hydroxylation sites is 1. The van der Waals surface area contributed by atoms with Crippen LogP contribution in [0, 0.1) is 23.2 Å². The number of hydrogen-bond acceptors (Lipinski definition) is 3. The number of nitrogens with two attached hydrogens (primary N) is 1. The van der Waals surface area contributed by atoms with Gasteiger partial charge in [0.1, 0.15) is 5.75 Å². The highest BCUT2D eigenvalue weighted by atomic mass is 16.5. The summed E-state index contributed by atoms with van der Waals surface area (Å²) in [5.74, 6) is 9.81. The predicted octanol–water partition coefficient (Wildman–Crippen LogP) is 3.42. The van der Waals surface area contributed by atoms with E-state index in [9.17, 15) is 0 Å². The summed E-state index contributed by atoms with van der Waals surface area (Å²) in [4.78, 5) is 0. The molecule has 0 heterocycles. The molecule has 3 nitrogen and oxygen atoms in total. The van der Waals surface area contributed by atoms with Crippen molar-refractivity contribution < 1.29 is 4.74 Å². The van der Waals surface area contributed by atoms with Crippen molar-refractivity contribution >= 4 is 0 Å². The van der Waals surface area contributed by atoms with Crippen molar-refractivity contribution in [3.8, 4) is 5.75 Å². The first kappa shape index (κ1) is 13.6. The van der Waals surface area contributed by atoms with Crippen LogP contribution in [0.25, 0.3) is 0 Å². The van der Waals surface area contributed by atoms with Gasteiger partial charge in [-0.05, 0) is 67.8 Å². The zero-order valence-corrected chi connectivity index (χ0v) is 12.8. The van der Waals surface area contributed by atoms with E-state index in [0.717, 1.165) is 23.5 Å². The summed E-state index contributed by atoms with van der Waals surface area (Å²) in [7, 11) is 1.76. The number of hydrogen-bond donors (Lipinski definition) is 2. The van der Waals surface area contributed by atoms with Gasteiger partial charge in [0.2, 0.25) is 0 Å². The molecule has 21 heavy (non-hydrogen) atoms. The zero-order valence-electron chi connectivity index (χ0n) is 12.8. The number of rotatable bonds is 4. The molecule has 4 aliphatic carbocycles. The van der Waals surface area contributed by atoms with Gasteiger partial charge in [0.15, 0.2) is 0 Å². The monoisotopic (exact) mass is 286 g/mol. The van der Waals surface area contributed by atoms with Gasteiger partial charge in [-0.25, -0.2) is 0 Å². The van der Waals surface area contributed by atoms with Gasteiger partial charge in [-0.2, -0.15) is 0 Å². The quantitative estimate of drug-likeness (QED) is 0.658. The van der Waals surface area contributed by atoms with Crippen LogP contribution >= 0.6 is 0 Å². The molecule has 114 valence electrons. The molecule has 0 amide bonds. The molecule has 4 aliphatic rings. The molecule has 0 aromatic heterocycles. The largest absolute Gasteiger partial charge is 0.496 e. The number of nitrogens with one attached hydrogen (secondary N) is 1. The molecule has 0 radical (unpaired) electrons. The Morgan fingerprint density at radius 2 is 1.67 bits per heavy atom. The number of ether oxygens (including phenoxy) is 1. The van der Waals surface area contributed by atoms with Gasteiger partial charge < -0.3 is 4.74 Å². The molecular formula is C18H26N2O. The second-order valence-electron chi connectivity index (χ2n) is 7.62. The molecule has 3 heteroatoms. The molecule has 0 aliphatic heterocycles. The molecule has 0 spiro atoms. The lowest BCUT2D eigenvalue weighted by molar-refractivity contribution is -0.0752. The van der Waals surface area contributed by atoms with E-state index in [-0.39, 0.29) is 6.04 Å². The summed E-state index contributed by atoms with van der Waals surface area (Å²) in [6.45, 7) is 0. The van der Waals surface area contributed by atoms with Crippen LogP contribution < -0.4 is 16.0 Å². The van der Waals surface area contributed by atoms with E-state index in [0.29, 0.717) is 5.41 Å². The van der Waals surface area contributed by atoms with Crippen molar-refractivity contribution in [1.29, 1.82) is 0 Å². The molecule has 3 N–H and O–H groups in total. The van der Waals surface area contributed by atoms with Crippen molar-refractivity contribution in [1.82, 2.24) is 5.43 Å². The van der Waals surface area contributed by atoms with Gasteiger partial charge in [0.05, 0.1) is 13.2 Å². The first-order chi connectivity index (χ1) is 10.2. The normalized spacial score (nSPS) is 38.5. The molecule has 4 bridgehead atoms. The SMILES string of the molecule is COc1ccccc1C(NN)C12CC3CC(CC(C3)C1)C2. The van der Waals surface area contributed by atoms with Crippen LogP contribution in [-0.4, -0.2) is 7.11 Å². The Labute approximate surface area is 127 Å². The Morgan fingerprint density at radius 1 is 1.10 bits per heavy atom. The number of benzene rings is 1. The Morgan fingerprint density at radius 3 is 2.19 bits per heavy atom. The summed E-state index contributed by atoms with van der Waals surface area (Å²) in [5, 5.41) is 0. The fourth-order valence-corrected chi connectivity index (χ4v) is 6.03. The molecule has 1 aromatic rings. The minimum absolute atomic E-state index is 0.224. The number of hydrazine groups is 1. The van der Waals surface area contributed by atoms with Crippen LogP contribution in [0.3, 0.4) is 0 Å².